The summed E-state index contributed by atoms with van der Waals surface area (Å²) in [5, 5.41) is 3.45. The second-order valence-corrected chi connectivity index (χ2v) is 8.22. The van der Waals surface area contributed by atoms with Crippen molar-refractivity contribution >= 4 is 5.91 Å². The molecule has 0 radical (unpaired) electrons. The number of rotatable bonds is 5. The second kappa shape index (κ2) is 7.77. The van der Waals surface area contributed by atoms with Crippen molar-refractivity contribution in [1.82, 2.24) is 5.32 Å². The van der Waals surface area contributed by atoms with Crippen LogP contribution in [0.5, 0.6) is 0 Å². The molecule has 27 heavy (non-hydrogen) atoms. The van der Waals surface area contributed by atoms with Gasteiger partial charge in [-0.2, -0.15) is 0 Å². The second-order valence-electron chi connectivity index (χ2n) is 8.22. The number of hydrogen-bond acceptors (Lipinski definition) is 2. The number of primary amides is 1. The third kappa shape index (κ3) is 4.92. The molecule has 0 aromatic heterocycles. The first-order chi connectivity index (χ1) is 12.7. The summed E-state index contributed by atoms with van der Waals surface area (Å²) >= 11 is 0. The summed E-state index contributed by atoms with van der Waals surface area (Å²) in [5.74, 6) is -1.64. The summed E-state index contributed by atoms with van der Waals surface area (Å²) in [5.41, 5.74) is 7.21. The molecule has 3 nitrogen and oxygen atoms in total. The number of carbonyl (C=O) groups is 1. The predicted molar refractivity (Wildman–Crippen MR) is 103 cm³/mol. The lowest BCUT2D eigenvalue weighted by Crippen LogP contribution is -2.35. The van der Waals surface area contributed by atoms with Gasteiger partial charge in [-0.25, -0.2) is 8.78 Å². The number of nitrogens with two attached hydrogens (primary N) is 1. The van der Waals surface area contributed by atoms with Crippen LogP contribution >= 0.6 is 0 Å². The van der Waals surface area contributed by atoms with E-state index in [1.165, 1.54) is 31.0 Å². The highest BCUT2D eigenvalue weighted by atomic mass is 19.1. The average Bonchev–Trinajstić information content (AvgIpc) is 2.61. The maximum Gasteiger partial charge on any atom is 0.248 e. The van der Waals surface area contributed by atoms with E-state index in [9.17, 15) is 13.6 Å². The molecule has 0 unspecified atom stereocenters. The van der Waals surface area contributed by atoms with Crippen molar-refractivity contribution in [1.29, 1.82) is 0 Å². The Morgan fingerprint density at radius 2 is 1.81 bits per heavy atom. The van der Waals surface area contributed by atoms with Crippen LogP contribution in [-0.2, 0) is 6.54 Å². The molecule has 0 aliphatic heterocycles. The summed E-state index contributed by atoms with van der Waals surface area (Å²) in [6, 6.07) is 9.05. The molecular formula is C22H26F2N2O. The SMILES string of the molecule is CC1(C)CCC(NCc2ccc(-c3cc(F)cc(C(N)=O)c3)cc2F)CC1. The van der Waals surface area contributed by atoms with Gasteiger partial charge in [0, 0.05) is 23.7 Å². The Morgan fingerprint density at radius 1 is 1.11 bits per heavy atom. The van der Waals surface area contributed by atoms with Gasteiger partial charge in [-0.1, -0.05) is 26.0 Å². The highest BCUT2D eigenvalue weighted by Gasteiger charge is 2.26. The molecule has 2 aromatic carbocycles. The summed E-state index contributed by atoms with van der Waals surface area (Å²) in [6.07, 6.45) is 4.56. The number of carbonyl (C=O) groups excluding carboxylic acids is 1. The molecule has 3 N–H and O–H groups in total. The standard InChI is InChI=1S/C22H26F2N2O/c1-22(2)7-5-19(6-8-22)26-13-15-4-3-14(12-20(15)24)16-9-17(21(25)27)11-18(23)10-16/h3-4,9-12,19,26H,5-8,13H2,1-2H3,(H2,25,27). The van der Waals surface area contributed by atoms with Crippen LogP contribution < -0.4 is 11.1 Å². The summed E-state index contributed by atoms with van der Waals surface area (Å²) in [4.78, 5) is 11.3. The van der Waals surface area contributed by atoms with Gasteiger partial charge in [0.25, 0.3) is 0 Å². The van der Waals surface area contributed by atoms with Crippen LogP contribution in [0, 0.1) is 17.0 Å². The maximum absolute atomic E-state index is 14.5. The normalized spacial score (nSPS) is 17.0. The summed E-state index contributed by atoms with van der Waals surface area (Å²) in [6.45, 7) is 5.04. The molecule has 3 rings (SSSR count). The fourth-order valence-corrected chi connectivity index (χ4v) is 3.63. The van der Waals surface area contributed by atoms with E-state index in [0.29, 0.717) is 34.7 Å². The molecule has 0 bridgehead atoms. The first kappa shape index (κ1) is 19.5. The van der Waals surface area contributed by atoms with E-state index in [1.807, 2.05) is 0 Å². The predicted octanol–water partition coefficient (Wildman–Crippen LogP) is 4.79. The van der Waals surface area contributed by atoms with E-state index < -0.39 is 11.7 Å². The van der Waals surface area contributed by atoms with Crippen molar-refractivity contribution in [3.63, 3.8) is 0 Å². The van der Waals surface area contributed by atoms with Gasteiger partial charge in [0.05, 0.1) is 0 Å². The lowest BCUT2D eigenvalue weighted by molar-refractivity contribution is 0.1000. The lowest BCUT2D eigenvalue weighted by atomic mass is 9.75. The molecule has 0 atom stereocenters. The van der Waals surface area contributed by atoms with Crippen molar-refractivity contribution < 1.29 is 13.6 Å². The number of benzene rings is 2. The quantitative estimate of drug-likeness (QED) is 0.793. The average molecular weight is 372 g/mol. The lowest BCUT2D eigenvalue weighted by Gasteiger charge is -2.34. The van der Waals surface area contributed by atoms with E-state index >= 15 is 0 Å². The molecule has 2 aromatic rings. The molecule has 0 heterocycles. The van der Waals surface area contributed by atoms with Gasteiger partial charge in [0.15, 0.2) is 0 Å². The van der Waals surface area contributed by atoms with Gasteiger partial charge in [-0.05, 0) is 66.5 Å². The van der Waals surface area contributed by atoms with Crippen LogP contribution in [0.1, 0.15) is 55.5 Å². The minimum absolute atomic E-state index is 0.0661. The molecule has 1 aliphatic rings. The zero-order valence-corrected chi connectivity index (χ0v) is 15.8. The van der Waals surface area contributed by atoms with Crippen molar-refractivity contribution in [2.75, 3.05) is 0 Å². The Morgan fingerprint density at radius 3 is 2.44 bits per heavy atom. The largest absolute Gasteiger partial charge is 0.366 e. The zero-order chi connectivity index (χ0) is 19.6. The van der Waals surface area contributed by atoms with Gasteiger partial charge in [0.1, 0.15) is 11.6 Å². The molecule has 1 aliphatic carbocycles. The molecule has 0 saturated heterocycles. The smallest absolute Gasteiger partial charge is 0.248 e. The Bertz CT molecular complexity index is 838. The van der Waals surface area contributed by atoms with Crippen LogP contribution in [0.2, 0.25) is 0 Å². The van der Waals surface area contributed by atoms with Crippen LogP contribution in [0.25, 0.3) is 11.1 Å². The Hall–Kier alpha value is -2.27. The molecule has 1 amide bonds. The molecule has 5 heteroatoms. The molecule has 1 fully saturated rings. The third-order valence-corrected chi connectivity index (χ3v) is 5.49. The van der Waals surface area contributed by atoms with Gasteiger partial charge in [-0.3, -0.25) is 4.79 Å². The summed E-state index contributed by atoms with van der Waals surface area (Å²) < 4.78 is 28.3. The Kier molecular flexibility index (Phi) is 5.61. The topological polar surface area (TPSA) is 55.1 Å². The molecular weight excluding hydrogens is 346 g/mol. The van der Waals surface area contributed by atoms with Crippen molar-refractivity contribution in [2.24, 2.45) is 11.1 Å². The maximum atomic E-state index is 14.5. The Balaban J connectivity index is 1.70. The van der Waals surface area contributed by atoms with Gasteiger partial charge in [-0.15, -0.1) is 0 Å². The highest BCUT2D eigenvalue weighted by molar-refractivity contribution is 5.94. The van der Waals surface area contributed by atoms with Gasteiger partial charge < -0.3 is 11.1 Å². The Labute approximate surface area is 159 Å². The number of hydrogen-bond donors (Lipinski definition) is 2. The zero-order valence-electron chi connectivity index (χ0n) is 15.8. The molecule has 1 saturated carbocycles. The molecule has 144 valence electrons. The van der Waals surface area contributed by atoms with E-state index in [0.717, 1.165) is 18.9 Å². The van der Waals surface area contributed by atoms with E-state index in [2.05, 4.69) is 19.2 Å². The molecule has 0 spiro atoms. The van der Waals surface area contributed by atoms with E-state index in [-0.39, 0.29) is 11.4 Å². The fraction of sp³-hybridized carbons (Fsp3) is 0.409. The van der Waals surface area contributed by atoms with Crippen LogP contribution in [-0.4, -0.2) is 11.9 Å². The third-order valence-electron chi connectivity index (χ3n) is 5.49. The summed E-state index contributed by atoms with van der Waals surface area (Å²) in [7, 11) is 0. The van der Waals surface area contributed by atoms with Crippen LogP contribution in [0.3, 0.4) is 0 Å². The van der Waals surface area contributed by atoms with Crippen molar-refractivity contribution in [3.05, 3.63) is 59.2 Å². The van der Waals surface area contributed by atoms with E-state index in [1.54, 1.807) is 12.1 Å². The number of amides is 1. The van der Waals surface area contributed by atoms with E-state index in [4.69, 9.17) is 5.73 Å². The minimum Gasteiger partial charge on any atom is -0.366 e. The minimum atomic E-state index is -0.715. The van der Waals surface area contributed by atoms with Crippen LogP contribution in [0.4, 0.5) is 8.78 Å². The highest BCUT2D eigenvalue weighted by Crippen LogP contribution is 2.35. The fourth-order valence-electron chi connectivity index (χ4n) is 3.63. The number of nitrogens with one attached hydrogen (secondary N) is 1. The van der Waals surface area contributed by atoms with Gasteiger partial charge in [0.2, 0.25) is 5.91 Å². The van der Waals surface area contributed by atoms with Gasteiger partial charge >= 0.3 is 0 Å². The first-order valence-electron chi connectivity index (χ1n) is 9.36. The number of halogens is 2. The van der Waals surface area contributed by atoms with Crippen molar-refractivity contribution in [2.45, 2.75) is 52.1 Å². The van der Waals surface area contributed by atoms with Crippen LogP contribution in [0.15, 0.2) is 36.4 Å². The first-order valence-corrected chi connectivity index (χ1v) is 9.36. The van der Waals surface area contributed by atoms with Crippen molar-refractivity contribution in [3.8, 4) is 11.1 Å². The monoisotopic (exact) mass is 372 g/mol.